The van der Waals surface area contributed by atoms with Gasteiger partial charge < -0.3 is 10.6 Å². The highest BCUT2D eigenvalue weighted by Crippen LogP contribution is 2.16. The first-order chi connectivity index (χ1) is 11.1. The van der Waals surface area contributed by atoms with Gasteiger partial charge in [0.25, 0.3) is 0 Å². The first-order valence-electron chi connectivity index (χ1n) is 8.00. The fourth-order valence-electron chi connectivity index (χ4n) is 2.34. The minimum Gasteiger partial charge on any atom is -0.356 e. The average Bonchev–Trinajstić information content (AvgIpc) is 3.10. The summed E-state index contributed by atoms with van der Waals surface area (Å²) in [7, 11) is 1.82. The van der Waals surface area contributed by atoms with Crippen LogP contribution in [0.1, 0.15) is 33.8 Å². The van der Waals surface area contributed by atoms with E-state index >= 15 is 0 Å². The second-order valence-corrected chi connectivity index (χ2v) is 8.06. The minimum atomic E-state index is 0. The van der Waals surface area contributed by atoms with Crippen LogP contribution < -0.4 is 10.6 Å². The standard InChI is InChI=1S/C17H26N4S2.HI/c1-12(10-15-8-7-14(3)23-15)21-17(18-4)19-9-5-6-16-20-13(2)11-22-16;/h7-8,11-12H,5-6,9-10H2,1-4H3,(H2,18,19,21);1H. The molecule has 0 radical (unpaired) electrons. The van der Waals surface area contributed by atoms with E-state index in [4.69, 9.17) is 0 Å². The Bertz CT molecular complexity index is 636. The van der Waals surface area contributed by atoms with Gasteiger partial charge in [0.1, 0.15) is 0 Å². The molecule has 0 aromatic carbocycles. The largest absolute Gasteiger partial charge is 0.356 e. The molecule has 0 amide bonds. The molecule has 0 fully saturated rings. The summed E-state index contributed by atoms with van der Waals surface area (Å²) in [5.74, 6) is 0.876. The molecule has 2 aromatic rings. The summed E-state index contributed by atoms with van der Waals surface area (Å²) in [6.45, 7) is 7.29. The number of thiophene rings is 1. The highest BCUT2D eigenvalue weighted by molar-refractivity contribution is 14.0. The highest BCUT2D eigenvalue weighted by atomic mass is 127. The van der Waals surface area contributed by atoms with E-state index in [1.807, 2.05) is 25.3 Å². The number of rotatable bonds is 7. The maximum atomic E-state index is 4.49. The first-order valence-corrected chi connectivity index (χ1v) is 9.70. The van der Waals surface area contributed by atoms with Gasteiger partial charge in [-0.15, -0.1) is 46.7 Å². The van der Waals surface area contributed by atoms with Crippen molar-refractivity contribution >= 4 is 52.6 Å². The Kier molecular flexibility index (Phi) is 9.84. The van der Waals surface area contributed by atoms with E-state index in [0.717, 1.165) is 37.5 Å². The Morgan fingerprint density at radius 3 is 2.71 bits per heavy atom. The lowest BCUT2D eigenvalue weighted by molar-refractivity contribution is 0.639. The fourth-order valence-corrected chi connectivity index (χ4v) is 4.18. The summed E-state index contributed by atoms with van der Waals surface area (Å²) in [6, 6.07) is 4.76. The molecule has 2 aromatic heterocycles. The number of thiazole rings is 1. The normalized spacial score (nSPS) is 12.6. The van der Waals surface area contributed by atoms with Crippen molar-refractivity contribution in [2.24, 2.45) is 4.99 Å². The van der Waals surface area contributed by atoms with Crippen molar-refractivity contribution in [1.82, 2.24) is 15.6 Å². The zero-order chi connectivity index (χ0) is 16.7. The van der Waals surface area contributed by atoms with Crippen LogP contribution in [-0.4, -0.2) is 30.6 Å². The number of guanidine groups is 1. The molecule has 0 aliphatic rings. The minimum absolute atomic E-state index is 0. The Balaban J connectivity index is 0.00000288. The number of nitrogens with one attached hydrogen (secondary N) is 2. The lowest BCUT2D eigenvalue weighted by Gasteiger charge is -2.17. The average molecular weight is 478 g/mol. The molecule has 0 bridgehead atoms. The molecule has 0 saturated heterocycles. The van der Waals surface area contributed by atoms with Crippen LogP contribution in [0.2, 0.25) is 0 Å². The number of hydrogen-bond acceptors (Lipinski definition) is 4. The van der Waals surface area contributed by atoms with Gasteiger partial charge in [-0.05, 0) is 39.3 Å². The molecule has 2 heterocycles. The van der Waals surface area contributed by atoms with Crippen molar-refractivity contribution in [2.45, 2.75) is 46.1 Å². The third-order valence-electron chi connectivity index (χ3n) is 3.44. The molecule has 2 rings (SSSR count). The van der Waals surface area contributed by atoms with Crippen LogP contribution in [-0.2, 0) is 12.8 Å². The second kappa shape index (κ2) is 11.0. The topological polar surface area (TPSA) is 49.3 Å². The van der Waals surface area contributed by atoms with E-state index in [-0.39, 0.29) is 24.0 Å². The molecule has 24 heavy (non-hydrogen) atoms. The van der Waals surface area contributed by atoms with Crippen LogP contribution >= 0.6 is 46.7 Å². The van der Waals surface area contributed by atoms with E-state index < -0.39 is 0 Å². The molecule has 2 N–H and O–H groups in total. The lowest BCUT2D eigenvalue weighted by Crippen LogP contribution is -2.43. The quantitative estimate of drug-likeness (QED) is 0.272. The van der Waals surface area contributed by atoms with Gasteiger partial charge in [0.05, 0.1) is 5.01 Å². The van der Waals surface area contributed by atoms with Gasteiger partial charge in [-0.25, -0.2) is 4.98 Å². The van der Waals surface area contributed by atoms with Gasteiger partial charge in [0.2, 0.25) is 0 Å². The Hall–Kier alpha value is -0.670. The van der Waals surface area contributed by atoms with Crippen molar-refractivity contribution in [3.8, 4) is 0 Å². The second-order valence-electron chi connectivity index (χ2n) is 5.75. The van der Waals surface area contributed by atoms with Crippen LogP contribution in [0.3, 0.4) is 0 Å². The maximum Gasteiger partial charge on any atom is 0.191 e. The lowest BCUT2D eigenvalue weighted by atomic mass is 10.2. The van der Waals surface area contributed by atoms with Crippen LogP contribution in [0, 0.1) is 13.8 Å². The van der Waals surface area contributed by atoms with E-state index in [1.54, 1.807) is 11.3 Å². The SMILES string of the molecule is CN=C(NCCCc1nc(C)cs1)NC(C)Cc1ccc(C)s1.I. The third-order valence-corrected chi connectivity index (χ3v) is 5.49. The molecular weight excluding hydrogens is 451 g/mol. The van der Waals surface area contributed by atoms with Crippen LogP contribution in [0.15, 0.2) is 22.5 Å². The zero-order valence-electron chi connectivity index (χ0n) is 14.8. The van der Waals surface area contributed by atoms with E-state index in [0.29, 0.717) is 6.04 Å². The van der Waals surface area contributed by atoms with Gasteiger partial charge in [0, 0.05) is 53.3 Å². The Morgan fingerprint density at radius 2 is 2.12 bits per heavy atom. The number of aryl methyl sites for hydroxylation is 3. The Labute approximate surface area is 170 Å². The predicted octanol–water partition coefficient (Wildman–Crippen LogP) is 4.17. The van der Waals surface area contributed by atoms with Gasteiger partial charge in [-0.2, -0.15) is 0 Å². The summed E-state index contributed by atoms with van der Waals surface area (Å²) >= 11 is 3.61. The third kappa shape index (κ3) is 7.48. The Morgan fingerprint density at radius 1 is 1.33 bits per heavy atom. The number of aromatic nitrogens is 1. The van der Waals surface area contributed by atoms with Crippen LogP contribution in [0.5, 0.6) is 0 Å². The van der Waals surface area contributed by atoms with Crippen LogP contribution in [0.25, 0.3) is 0 Å². The summed E-state index contributed by atoms with van der Waals surface area (Å²) in [6.07, 6.45) is 3.11. The zero-order valence-corrected chi connectivity index (χ0v) is 18.7. The fraction of sp³-hybridized carbons (Fsp3) is 0.529. The van der Waals surface area contributed by atoms with Crippen LogP contribution in [0.4, 0.5) is 0 Å². The molecule has 1 atom stereocenters. The van der Waals surface area contributed by atoms with Crippen molar-refractivity contribution in [2.75, 3.05) is 13.6 Å². The molecule has 0 spiro atoms. The highest BCUT2D eigenvalue weighted by Gasteiger charge is 2.07. The summed E-state index contributed by atoms with van der Waals surface area (Å²) in [5, 5.41) is 10.2. The monoisotopic (exact) mass is 478 g/mol. The predicted molar refractivity (Wildman–Crippen MR) is 117 cm³/mol. The van der Waals surface area contributed by atoms with Crippen molar-refractivity contribution in [1.29, 1.82) is 0 Å². The smallest absolute Gasteiger partial charge is 0.191 e. The summed E-state index contributed by atoms with van der Waals surface area (Å²) in [5.41, 5.74) is 1.12. The molecule has 7 heteroatoms. The molecule has 134 valence electrons. The number of nitrogens with zero attached hydrogens (tertiary/aromatic N) is 2. The first kappa shape index (κ1) is 21.4. The molecule has 0 saturated carbocycles. The number of hydrogen-bond donors (Lipinski definition) is 2. The molecular formula is C17H27IN4S2. The summed E-state index contributed by atoms with van der Waals surface area (Å²) in [4.78, 5) is 11.6. The van der Waals surface area contributed by atoms with Gasteiger partial charge in [-0.1, -0.05) is 0 Å². The van der Waals surface area contributed by atoms with E-state index in [2.05, 4.69) is 52.0 Å². The van der Waals surface area contributed by atoms with Crippen molar-refractivity contribution < 1.29 is 0 Å². The molecule has 0 aliphatic heterocycles. The van der Waals surface area contributed by atoms with E-state index in [1.165, 1.54) is 14.8 Å². The van der Waals surface area contributed by atoms with E-state index in [9.17, 15) is 0 Å². The number of aliphatic imine (C=N–C) groups is 1. The van der Waals surface area contributed by atoms with Crippen molar-refractivity contribution in [3.05, 3.63) is 38.0 Å². The molecule has 1 unspecified atom stereocenters. The number of halogens is 1. The maximum absolute atomic E-state index is 4.49. The van der Waals surface area contributed by atoms with Gasteiger partial charge >= 0.3 is 0 Å². The summed E-state index contributed by atoms with van der Waals surface area (Å²) < 4.78 is 0. The van der Waals surface area contributed by atoms with Crippen molar-refractivity contribution in [3.63, 3.8) is 0 Å². The van der Waals surface area contributed by atoms with Gasteiger partial charge in [-0.3, -0.25) is 4.99 Å². The molecule has 0 aliphatic carbocycles. The van der Waals surface area contributed by atoms with Gasteiger partial charge in [0.15, 0.2) is 5.96 Å². The molecule has 4 nitrogen and oxygen atoms in total.